The van der Waals surface area contributed by atoms with Crippen molar-refractivity contribution < 1.29 is 9.90 Å². The van der Waals surface area contributed by atoms with Crippen LogP contribution in [0.2, 0.25) is 0 Å². The number of carbonyl (C=O) groups excluding carboxylic acids is 1. The van der Waals surface area contributed by atoms with E-state index in [1.165, 1.54) is 16.9 Å². The van der Waals surface area contributed by atoms with E-state index in [9.17, 15) is 4.79 Å². The smallest absolute Gasteiger partial charge is 0.261 e. The molecule has 0 radical (unpaired) electrons. The fraction of sp³-hybridized carbons (Fsp3) is 0.688. The molecule has 2 rings (SSSR count). The number of hydrogen-bond donors (Lipinski definition) is 2. The number of amides is 1. The summed E-state index contributed by atoms with van der Waals surface area (Å²) in [5.74, 6) is 1.13. The molecule has 3 nitrogen and oxygen atoms in total. The van der Waals surface area contributed by atoms with Crippen LogP contribution in [0.4, 0.5) is 0 Å². The first kappa shape index (κ1) is 15.5. The van der Waals surface area contributed by atoms with Gasteiger partial charge in [0.2, 0.25) is 0 Å². The molecule has 0 aliphatic heterocycles. The molecule has 1 aromatic heterocycles. The molecule has 0 saturated carbocycles. The monoisotopic (exact) mass is 295 g/mol. The van der Waals surface area contributed by atoms with E-state index in [2.05, 4.69) is 18.3 Å². The summed E-state index contributed by atoms with van der Waals surface area (Å²) >= 11 is 1.66. The molecule has 0 bridgehead atoms. The summed E-state index contributed by atoms with van der Waals surface area (Å²) in [4.78, 5) is 14.4. The van der Waals surface area contributed by atoms with Gasteiger partial charge in [0.15, 0.2) is 0 Å². The molecule has 0 spiro atoms. The highest BCUT2D eigenvalue weighted by Gasteiger charge is 2.20. The van der Waals surface area contributed by atoms with Gasteiger partial charge in [-0.1, -0.05) is 13.8 Å². The Hall–Kier alpha value is -0.870. The van der Waals surface area contributed by atoms with Gasteiger partial charge >= 0.3 is 0 Å². The van der Waals surface area contributed by atoms with E-state index in [0.29, 0.717) is 12.5 Å². The first-order valence-electron chi connectivity index (χ1n) is 7.60. The van der Waals surface area contributed by atoms with Crippen molar-refractivity contribution in [1.29, 1.82) is 0 Å². The second-order valence-electron chi connectivity index (χ2n) is 6.09. The van der Waals surface area contributed by atoms with Crippen molar-refractivity contribution in [2.75, 3.05) is 13.2 Å². The number of thiophene rings is 1. The second-order valence-corrected chi connectivity index (χ2v) is 7.23. The van der Waals surface area contributed by atoms with Crippen molar-refractivity contribution >= 4 is 17.2 Å². The minimum Gasteiger partial charge on any atom is -0.396 e. The van der Waals surface area contributed by atoms with Crippen molar-refractivity contribution in [2.24, 2.45) is 11.8 Å². The Balaban J connectivity index is 1.81. The van der Waals surface area contributed by atoms with E-state index in [1.54, 1.807) is 11.3 Å². The minimum absolute atomic E-state index is 0.0636. The van der Waals surface area contributed by atoms with E-state index < -0.39 is 0 Å². The summed E-state index contributed by atoms with van der Waals surface area (Å²) in [5.41, 5.74) is 1.38. The van der Waals surface area contributed by atoms with Gasteiger partial charge in [-0.05, 0) is 55.6 Å². The molecule has 0 aromatic carbocycles. The summed E-state index contributed by atoms with van der Waals surface area (Å²) in [5, 5.41) is 11.9. The van der Waals surface area contributed by atoms with Crippen molar-refractivity contribution in [3.8, 4) is 0 Å². The maximum absolute atomic E-state index is 12.1. The fourth-order valence-electron chi connectivity index (χ4n) is 2.65. The number of fused-ring (bicyclic) bond motifs is 1. The van der Waals surface area contributed by atoms with E-state index in [4.69, 9.17) is 5.11 Å². The summed E-state index contributed by atoms with van der Waals surface area (Å²) in [6.45, 7) is 5.23. The maximum Gasteiger partial charge on any atom is 0.261 e. The molecule has 1 aliphatic carbocycles. The zero-order valence-corrected chi connectivity index (χ0v) is 13.3. The number of rotatable bonds is 6. The summed E-state index contributed by atoms with van der Waals surface area (Å²) in [6.07, 6.45) is 5.37. The molecule has 0 fully saturated rings. The predicted molar refractivity (Wildman–Crippen MR) is 83.3 cm³/mol. The number of aliphatic hydroxyl groups excluding tert-OH is 1. The van der Waals surface area contributed by atoms with Crippen molar-refractivity contribution in [1.82, 2.24) is 5.32 Å². The van der Waals surface area contributed by atoms with Crippen LogP contribution in [0.25, 0.3) is 0 Å². The third-order valence-corrected chi connectivity index (χ3v) is 5.26. The summed E-state index contributed by atoms with van der Waals surface area (Å²) < 4.78 is 0. The Labute approximate surface area is 125 Å². The Morgan fingerprint density at radius 1 is 1.60 bits per heavy atom. The van der Waals surface area contributed by atoms with Gasteiger partial charge in [-0.2, -0.15) is 0 Å². The van der Waals surface area contributed by atoms with Crippen LogP contribution in [0.3, 0.4) is 0 Å². The fourth-order valence-corrected chi connectivity index (χ4v) is 3.77. The van der Waals surface area contributed by atoms with Crippen LogP contribution in [0.5, 0.6) is 0 Å². The lowest BCUT2D eigenvalue weighted by Gasteiger charge is -2.16. The van der Waals surface area contributed by atoms with Crippen molar-refractivity contribution in [3.05, 3.63) is 21.4 Å². The van der Waals surface area contributed by atoms with Crippen molar-refractivity contribution in [3.63, 3.8) is 0 Å². The third kappa shape index (κ3) is 4.06. The maximum atomic E-state index is 12.1. The lowest BCUT2D eigenvalue weighted by atomic mass is 9.90. The summed E-state index contributed by atoms with van der Waals surface area (Å²) in [7, 11) is 0. The number of hydrogen-bond acceptors (Lipinski definition) is 3. The Kier molecular flexibility index (Phi) is 5.61. The van der Waals surface area contributed by atoms with Crippen LogP contribution in [0.15, 0.2) is 6.07 Å². The SMILES string of the molecule is CC(CO)CCCNC(=O)c1cc2c(s1)CCC(C)C2. The van der Waals surface area contributed by atoms with Crippen LogP contribution in [0, 0.1) is 11.8 Å². The molecule has 1 amide bonds. The van der Waals surface area contributed by atoms with Crippen LogP contribution in [0.1, 0.15) is 53.2 Å². The highest BCUT2D eigenvalue weighted by molar-refractivity contribution is 7.14. The first-order chi connectivity index (χ1) is 9.60. The number of aliphatic hydroxyl groups is 1. The second kappa shape index (κ2) is 7.23. The highest BCUT2D eigenvalue weighted by Crippen LogP contribution is 2.32. The van der Waals surface area contributed by atoms with Crippen LogP contribution < -0.4 is 5.32 Å². The molecule has 2 unspecified atom stereocenters. The molecule has 20 heavy (non-hydrogen) atoms. The number of carbonyl (C=O) groups is 1. The average Bonchev–Trinajstić information content (AvgIpc) is 2.86. The van der Waals surface area contributed by atoms with E-state index in [0.717, 1.165) is 36.5 Å². The van der Waals surface area contributed by atoms with Crippen LogP contribution >= 0.6 is 11.3 Å². The Morgan fingerprint density at radius 2 is 2.40 bits per heavy atom. The lowest BCUT2D eigenvalue weighted by Crippen LogP contribution is -2.24. The Bertz CT molecular complexity index is 455. The first-order valence-corrected chi connectivity index (χ1v) is 8.42. The molecule has 1 heterocycles. The van der Waals surface area contributed by atoms with E-state index in [1.807, 2.05) is 6.92 Å². The molecular weight excluding hydrogens is 270 g/mol. The predicted octanol–water partition coefficient (Wildman–Crippen LogP) is 3.01. The van der Waals surface area contributed by atoms with Gasteiger partial charge < -0.3 is 10.4 Å². The van der Waals surface area contributed by atoms with Gasteiger partial charge in [0, 0.05) is 18.0 Å². The lowest BCUT2D eigenvalue weighted by molar-refractivity contribution is 0.0956. The topological polar surface area (TPSA) is 49.3 Å². The molecular formula is C16H25NO2S. The van der Waals surface area contributed by atoms with Gasteiger partial charge in [-0.15, -0.1) is 11.3 Å². The number of nitrogens with one attached hydrogen (secondary N) is 1. The third-order valence-electron chi connectivity index (χ3n) is 4.02. The molecule has 2 atom stereocenters. The molecule has 1 aromatic rings. The largest absolute Gasteiger partial charge is 0.396 e. The molecule has 4 heteroatoms. The minimum atomic E-state index is 0.0636. The van der Waals surface area contributed by atoms with Crippen LogP contribution in [-0.4, -0.2) is 24.2 Å². The average molecular weight is 295 g/mol. The quantitative estimate of drug-likeness (QED) is 0.793. The molecule has 0 saturated heterocycles. The Morgan fingerprint density at radius 3 is 3.15 bits per heavy atom. The van der Waals surface area contributed by atoms with Gasteiger partial charge in [-0.25, -0.2) is 0 Å². The zero-order chi connectivity index (χ0) is 14.5. The molecule has 1 aliphatic rings. The standard InChI is InChI=1S/C16H25NO2S/c1-11-5-6-14-13(8-11)9-15(20-14)16(19)17-7-3-4-12(2)10-18/h9,11-12,18H,3-8,10H2,1-2H3,(H,17,19). The van der Waals surface area contributed by atoms with Gasteiger partial charge in [0.1, 0.15) is 0 Å². The van der Waals surface area contributed by atoms with Gasteiger partial charge in [-0.3, -0.25) is 4.79 Å². The molecule has 112 valence electrons. The zero-order valence-electron chi connectivity index (χ0n) is 12.4. The summed E-state index contributed by atoms with van der Waals surface area (Å²) in [6, 6.07) is 2.08. The van der Waals surface area contributed by atoms with Gasteiger partial charge in [0.05, 0.1) is 4.88 Å². The van der Waals surface area contributed by atoms with Crippen LogP contribution in [-0.2, 0) is 12.8 Å². The van der Waals surface area contributed by atoms with Gasteiger partial charge in [0.25, 0.3) is 5.91 Å². The van der Waals surface area contributed by atoms with E-state index in [-0.39, 0.29) is 12.5 Å². The van der Waals surface area contributed by atoms with Crippen molar-refractivity contribution in [2.45, 2.75) is 46.0 Å². The number of aryl methyl sites for hydroxylation is 1. The van der Waals surface area contributed by atoms with E-state index >= 15 is 0 Å². The normalized spacial score (nSPS) is 19.4. The highest BCUT2D eigenvalue weighted by atomic mass is 32.1. The molecule has 2 N–H and O–H groups in total.